The van der Waals surface area contributed by atoms with E-state index in [1.807, 2.05) is 11.4 Å². The van der Waals surface area contributed by atoms with Gasteiger partial charge in [0.25, 0.3) is 0 Å². The number of anilines is 2. The molecule has 2 aromatic heterocycles. The Morgan fingerprint density at radius 1 is 1.45 bits per heavy atom. The smallest absolute Gasteiger partial charge is 0.223 e. The van der Waals surface area contributed by atoms with Gasteiger partial charge in [-0.1, -0.05) is 6.92 Å². The minimum atomic E-state index is -0.630. The van der Waals surface area contributed by atoms with Gasteiger partial charge in [-0.15, -0.1) is 11.3 Å². The predicted octanol–water partition coefficient (Wildman–Crippen LogP) is 2.63. The summed E-state index contributed by atoms with van der Waals surface area (Å²) in [5.41, 5.74) is 5.10. The monoisotopic (exact) mass is 292 g/mol. The van der Waals surface area contributed by atoms with Crippen LogP contribution in [-0.2, 0) is 0 Å². The number of fused-ring (bicyclic) bond motifs is 1. The third-order valence-electron chi connectivity index (χ3n) is 4.13. The molecule has 0 radical (unpaired) electrons. The van der Waals surface area contributed by atoms with Crippen molar-refractivity contribution in [1.29, 1.82) is 0 Å². The van der Waals surface area contributed by atoms with Crippen LogP contribution >= 0.6 is 11.3 Å². The van der Waals surface area contributed by atoms with Gasteiger partial charge in [0.05, 0.1) is 11.0 Å². The standard InChI is InChI=1S/C14H20N4OS/c1-9-2-5-14(19,6-3-9)8-16-11-10-4-7-20-12(10)18-13(15)17-11/h4,7,9,19H,2-3,5-6,8H2,1H3,(H3,15,16,17,18). The highest BCUT2D eigenvalue weighted by atomic mass is 32.1. The van der Waals surface area contributed by atoms with Crippen LogP contribution in [0.4, 0.5) is 11.8 Å². The fraction of sp³-hybridized carbons (Fsp3) is 0.571. The minimum Gasteiger partial charge on any atom is -0.388 e. The Morgan fingerprint density at radius 2 is 2.20 bits per heavy atom. The van der Waals surface area contributed by atoms with E-state index in [-0.39, 0.29) is 5.95 Å². The zero-order valence-corrected chi connectivity index (χ0v) is 12.4. The second kappa shape index (κ2) is 5.18. The van der Waals surface area contributed by atoms with E-state index < -0.39 is 5.60 Å². The van der Waals surface area contributed by atoms with Crippen molar-refractivity contribution in [2.45, 2.75) is 38.2 Å². The van der Waals surface area contributed by atoms with Crippen molar-refractivity contribution >= 4 is 33.3 Å². The van der Waals surface area contributed by atoms with Gasteiger partial charge in [-0.3, -0.25) is 0 Å². The van der Waals surface area contributed by atoms with Crippen molar-refractivity contribution in [1.82, 2.24) is 9.97 Å². The molecule has 5 nitrogen and oxygen atoms in total. The quantitative estimate of drug-likeness (QED) is 0.810. The molecule has 6 heteroatoms. The molecule has 4 N–H and O–H groups in total. The Morgan fingerprint density at radius 3 is 2.95 bits per heavy atom. The van der Waals surface area contributed by atoms with Crippen LogP contribution in [0.5, 0.6) is 0 Å². The average molecular weight is 292 g/mol. The highest BCUT2D eigenvalue weighted by Crippen LogP contribution is 2.33. The van der Waals surface area contributed by atoms with Crippen LogP contribution in [0.3, 0.4) is 0 Å². The first kappa shape index (κ1) is 13.6. The van der Waals surface area contributed by atoms with Crippen molar-refractivity contribution < 1.29 is 5.11 Å². The molecule has 2 aromatic rings. The van der Waals surface area contributed by atoms with E-state index in [2.05, 4.69) is 22.2 Å². The molecule has 1 saturated carbocycles. The normalized spacial score (nSPS) is 26.8. The number of aromatic nitrogens is 2. The van der Waals surface area contributed by atoms with Gasteiger partial charge in [-0.05, 0) is 43.0 Å². The summed E-state index contributed by atoms with van der Waals surface area (Å²) in [6.07, 6.45) is 3.85. The number of aliphatic hydroxyl groups is 1. The van der Waals surface area contributed by atoms with Gasteiger partial charge in [-0.25, -0.2) is 4.98 Å². The van der Waals surface area contributed by atoms with Crippen LogP contribution in [0, 0.1) is 5.92 Å². The molecule has 0 atom stereocenters. The zero-order chi connectivity index (χ0) is 14.2. The number of nitrogens with two attached hydrogens (primary N) is 1. The SMILES string of the molecule is CC1CCC(O)(CNc2nc(N)nc3sccc23)CC1. The molecule has 0 aliphatic heterocycles. The lowest BCUT2D eigenvalue weighted by Crippen LogP contribution is -2.40. The first-order valence-corrected chi connectivity index (χ1v) is 7.91. The number of nitrogens with one attached hydrogen (secondary N) is 1. The molecule has 20 heavy (non-hydrogen) atoms. The fourth-order valence-corrected chi connectivity index (χ4v) is 3.50. The maximum absolute atomic E-state index is 10.6. The lowest BCUT2D eigenvalue weighted by Gasteiger charge is -2.35. The first-order chi connectivity index (χ1) is 9.56. The Kier molecular flexibility index (Phi) is 3.52. The third kappa shape index (κ3) is 2.71. The van der Waals surface area contributed by atoms with Gasteiger partial charge in [-0.2, -0.15) is 4.98 Å². The van der Waals surface area contributed by atoms with E-state index in [4.69, 9.17) is 5.73 Å². The van der Waals surface area contributed by atoms with Crippen LogP contribution in [0.2, 0.25) is 0 Å². The Labute approximate surface area is 122 Å². The number of rotatable bonds is 3. The Balaban J connectivity index is 1.75. The van der Waals surface area contributed by atoms with E-state index in [1.54, 1.807) is 11.3 Å². The molecular formula is C14H20N4OS. The van der Waals surface area contributed by atoms with Crippen molar-refractivity contribution in [2.24, 2.45) is 5.92 Å². The molecule has 108 valence electrons. The molecule has 0 bridgehead atoms. The fourth-order valence-electron chi connectivity index (χ4n) is 2.73. The largest absolute Gasteiger partial charge is 0.388 e. The minimum absolute atomic E-state index is 0.270. The number of thiophene rings is 1. The Hall–Kier alpha value is -1.40. The lowest BCUT2D eigenvalue weighted by molar-refractivity contribution is 0.00497. The maximum Gasteiger partial charge on any atom is 0.223 e. The summed E-state index contributed by atoms with van der Waals surface area (Å²) in [4.78, 5) is 9.34. The summed E-state index contributed by atoms with van der Waals surface area (Å²) in [7, 11) is 0. The van der Waals surface area contributed by atoms with E-state index in [1.165, 1.54) is 0 Å². The van der Waals surface area contributed by atoms with Crippen LogP contribution in [0.15, 0.2) is 11.4 Å². The van der Waals surface area contributed by atoms with Gasteiger partial charge in [0, 0.05) is 6.54 Å². The van der Waals surface area contributed by atoms with Crippen LogP contribution < -0.4 is 11.1 Å². The van der Waals surface area contributed by atoms with Crippen LogP contribution in [0.25, 0.3) is 10.2 Å². The lowest BCUT2D eigenvalue weighted by atomic mass is 9.79. The van der Waals surface area contributed by atoms with Crippen molar-refractivity contribution in [3.8, 4) is 0 Å². The van der Waals surface area contributed by atoms with Crippen LogP contribution in [0.1, 0.15) is 32.6 Å². The zero-order valence-electron chi connectivity index (χ0n) is 11.6. The van der Waals surface area contributed by atoms with Crippen LogP contribution in [-0.4, -0.2) is 27.2 Å². The molecule has 1 aliphatic rings. The summed E-state index contributed by atoms with van der Waals surface area (Å²) < 4.78 is 0. The summed E-state index contributed by atoms with van der Waals surface area (Å²) in [5.74, 6) is 1.71. The molecule has 3 rings (SSSR count). The molecule has 0 amide bonds. The highest BCUT2D eigenvalue weighted by Gasteiger charge is 2.31. The summed E-state index contributed by atoms with van der Waals surface area (Å²) in [6, 6.07) is 1.98. The van der Waals surface area contributed by atoms with Crippen molar-refractivity contribution in [2.75, 3.05) is 17.6 Å². The number of nitrogen functional groups attached to an aromatic ring is 1. The third-order valence-corrected chi connectivity index (χ3v) is 4.94. The summed E-state index contributed by atoms with van der Waals surface area (Å²) in [5, 5.41) is 16.8. The maximum atomic E-state index is 10.6. The van der Waals surface area contributed by atoms with Gasteiger partial charge in [0.15, 0.2) is 0 Å². The van der Waals surface area contributed by atoms with Crippen molar-refractivity contribution in [3.05, 3.63) is 11.4 Å². The van der Waals surface area contributed by atoms with Gasteiger partial charge >= 0.3 is 0 Å². The highest BCUT2D eigenvalue weighted by molar-refractivity contribution is 7.16. The second-order valence-corrected chi connectivity index (χ2v) is 6.72. The molecule has 0 spiro atoms. The summed E-state index contributed by atoms with van der Waals surface area (Å²) in [6.45, 7) is 2.76. The summed E-state index contributed by atoms with van der Waals surface area (Å²) >= 11 is 1.54. The van der Waals surface area contributed by atoms with E-state index in [0.29, 0.717) is 12.5 Å². The second-order valence-electron chi connectivity index (χ2n) is 5.83. The Bertz CT molecular complexity index is 604. The molecule has 0 aromatic carbocycles. The van der Waals surface area contributed by atoms with Gasteiger partial charge in [0.2, 0.25) is 5.95 Å². The van der Waals surface area contributed by atoms with Gasteiger partial charge in [0.1, 0.15) is 10.6 Å². The van der Waals surface area contributed by atoms with Gasteiger partial charge < -0.3 is 16.2 Å². The molecule has 0 saturated heterocycles. The average Bonchev–Trinajstić information content (AvgIpc) is 2.88. The van der Waals surface area contributed by atoms with Crippen molar-refractivity contribution in [3.63, 3.8) is 0 Å². The number of hydrogen-bond donors (Lipinski definition) is 3. The molecular weight excluding hydrogens is 272 g/mol. The molecule has 2 heterocycles. The topological polar surface area (TPSA) is 84.1 Å². The van der Waals surface area contributed by atoms with E-state index in [0.717, 1.165) is 41.7 Å². The predicted molar refractivity (Wildman–Crippen MR) is 82.9 cm³/mol. The molecule has 0 unspecified atom stereocenters. The molecule has 1 aliphatic carbocycles. The number of nitrogens with zero attached hydrogens (tertiary/aromatic N) is 2. The first-order valence-electron chi connectivity index (χ1n) is 7.03. The van der Waals surface area contributed by atoms with E-state index in [9.17, 15) is 5.11 Å². The van der Waals surface area contributed by atoms with E-state index >= 15 is 0 Å². The number of hydrogen-bond acceptors (Lipinski definition) is 6. The molecule has 1 fully saturated rings.